The Morgan fingerprint density at radius 3 is 3.11 bits per heavy atom. The summed E-state index contributed by atoms with van der Waals surface area (Å²) in [5.74, 6) is 0.843. The van der Waals surface area contributed by atoms with Crippen LogP contribution in [-0.4, -0.2) is 39.5 Å². The number of anilines is 1. The number of hydrogen-bond acceptors (Lipinski definition) is 5. The van der Waals surface area contributed by atoms with Gasteiger partial charge in [0, 0.05) is 26.7 Å². The Balaban J connectivity index is 2.17. The topological polar surface area (TPSA) is 84.4 Å². The minimum Gasteiger partial charge on any atom is -0.396 e. The fraction of sp³-hybridized carbons (Fsp3) is 0.727. The van der Waals surface area contributed by atoms with Crippen molar-refractivity contribution in [2.75, 3.05) is 24.6 Å². The summed E-state index contributed by atoms with van der Waals surface area (Å²) >= 11 is 0. The minimum absolute atomic E-state index is 0.0575. The highest BCUT2D eigenvalue weighted by atomic mass is 16.6. The van der Waals surface area contributed by atoms with Crippen molar-refractivity contribution in [1.29, 1.82) is 0 Å². The van der Waals surface area contributed by atoms with Gasteiger partial charge in [-0.15, -0.1) is 5.10 Å². The number of aromatic nitrogens is 2. The molecule has 0 radical (unpaired) electrons. The van der Waals surface area contributed by atoms with E-state index < -0.39 is 4.92 Å². The average molecular weight is 254 g/mol. The molecule has 0 saturated carbocycles. The van der Waals surface area contributed by atoms with Crippen LogP contribution in [0.25, 0.3) is 0 Å². The van der Waals surface area contributed by atoms with E-state index in [0.29, 0.717) is 11.7 Å². The molecule has 0 aliphatic carbocycles. The van der Waals surface area contributed by atoms with Crippen LogP contribution >= 0.6 is 0 Å². The Hall–Kier alpha value is -1.63. The van der Waals surface area contributed by atoms with Crippen LogP contribution in [0.15, 0.2) is 6.20 Å². The Morgan fingerprint density at radius 1 is 1.67 bits per heavy atom. The van der Waals surface area contributed by atoms with E-state index in [1.54, 1.807) is 7.05 Å². The number of aliphatic hydroxyl groups excluding tert-OH is 1. The van der Waals surface area contributed by atoms with Gasteiger partial charge in [0.05, 0.1) is 4.92 Å². The Morgan fingerprint density at radius 2 is 2.44 bits per heavy atom. The number of piperidine rings is 1. The van der Waals surface area contributed by atoms with Gasteiger partial charge in [0.1, 0.15) is 6.20 Å². The molecule has 7 nitrogen and oxygen atoms in total. The lowest BCUT2D eigenvalue weighted by molar-refractivity contribution is -0.384. The largest absolute Gasteiger partial charge is 0.396 e. The smallest absolute Gasteiger partial charge is 0.330 e. The maximum absolute atomic E-state index is 11.0. The number of aryl methyl sites for hydroxylation is 1. The maximum Gasteiger partial charge on any atom is 0.330 e. The van der Waals surface area contributed by atoms with Crippen LogP contribution in [0.3, 0.4) is 0 Å². The highest BCUT2D eigenvalue weighted by molar-refractivity contribution is 5.57. The SMILES string of the molecule is Cn1cc([N+](=O)[O-])c(N2CCCC(CCO)C2)n1. The molecule has 7 heteroatoms. The molecule has 2 rings (SSSR count). The first-order chi connectivity index (χ1) is 8.61. The molecule has 0 aromatic carbocycles. The molecule has 0 bridgehead atoms. The average Bonchev–Trinajstić information content (AvgIpc) is 2.72. The molecule has 1 saturated heterocycles. The lowest BCUT2D eigenvalue weighted by Gasteiger charge is -2.32. The second-order valence-corrected chi connectivity index (χ2v) is 4.74. The van der Waals surface area contributed by atoms with Crippen LogP contribution in [0.4, 0.5) is 11.5 Å². The first-order valence-corrected chi connectivity index (χ1v) is 6.15. The van der Waals surface area contributed by atoms with Crippen LogP contribution in [0, 0.1) is 16.0 Å². The molecule has 0 spiro atoms. The summed E-state index contributed by atoms with van der Waals surface area (Å²) in [5.41, 5.74) is 0.0575. The zero-order chi connectivity index (χ0) is 13.1. The van der Waals surface area contributed by atoms with Gasteiger partial charge in [-0.25, -0.2) is 0 Å². The summed E-state index contributed by atoms with van der Waals surface area (Å²) in [4.78, 5) is 12.5. The molecule has 2 heterocycles. The maximum atomic E-state index is 11.0. The van der Waals surface area contributed by atoms with Gasteiger partial charge in [-0.3, -0.25) is 14.8 Å². The summed E-state index contributed by atoms with van der Waals surface area (Å²) in [6, 6.07) is 0. The third-order valence-electron chi connectivity index (χ3n) is 3.34. The van der Waals surface area contributed by atoms with Gasteiger partial charge in [0.2, 0.25) is 5.82 Å². The number of aliphatic hydroxyl groups is 1. The van der Waals surface area contributed by atoms with Crippen molar-refractivity contribution in [2.24, 2.45) is 13.0 Å². The van der Waals surface area contributed by atoms with E-state index in [1.807, 2.05) is 4.90 Å². The summed E-state index contributed by atoms with van der Waals surface area (Å²) < 4.78 is 1.48. The Bertz CT molecular complexity index is 430. The molecule has 1 aliphatic rings. The molecule has 0 amide bonds. The third kappa shape index (κ3) is 2.61. The predicted molar refractivity (Wildman–Crippen MR) is 66.5 cm³/mol. The molecule has 1 N–H and O–H groups in total. The molecule has 1 unspecified atom stereocenters. The minimum atomic E-state index is -0.391. The van der Waals surface area contributed by atoms with Gasteiger partial charge in [-0.1, -0.05) is 0 Å². The normalized spacial score (nSPS) is 20.1. The van der Waals surface area contributed by atoms with Crippen LogP contribution < -0.4 is 4.90 Å². The number of nitro groups is 1. The number of rotatable bonds is 4. The zero-order valence-corrected chi connectivity index (χ0v) is 10.4. The lowest BCUT2D eigenvalue weighted by atomic mass is 9.95. The van der Waals surface area contributed by atoms with Gasteiger partial charge in [-0.2, -0.15) is 0 Å². The first-order valence-electron chi connectivity index (χ1n) is 6.15. The van der Waals surface area contributed by atoms with E-state index in [-0.39, 0.29) is 12.3 Å². The summed E-state index contributed by atoms with van der Waals surface area (Å²) in [5, 5.41) is 24.1. The fourth-order valence-electron chi connectivity index (χ4n) is 2.49. The number of hydrogen-bond donors (Lipinski definition) is 1. The summed E-state index contributed by atoms with van der Waals surface area (Å²) in [6.07, 6.45) is 4.23. The van der Waals surface area contributed by atoms with Gasteiger partial charge >= 0.3 is 5.69 Å². The molecule has 1 aliphatic heterocycles. The molecular formula is C11H18N4O3. The van der Waals surface area contributed by atoms with E-state index in [1.165, 1.54) is 10.9 Å². The first kappa shape index (κ1) is 12.8. The Labute approximate surface area is 105 Å². The van der Waals surface area contributed by atoms with Gasteiger partial charge in [-0.05, 0) is 25.2 Å². The second kappa shape index (κ2) is 5.34. The van der Waals surface area contributed by atoms with Crippen molar-refractivity contribution in [3.8, 4) is 0 Å². The quantitative estimate of drug-likeness (QED) is 0.638. The second-order valence-electron chi connectivity index (χ2n) is 4.74. The van der Waals surface area contributed by atoms with Crippen molar-refractivity contribution in [3.05, 3.63) is 16.3 Å². The Kier molecular flexibility index (Phi) is 3.81. The van der Waals surface area contributed by atoms with Gasteiger partial charge in [0.25, 0.3) is 0 Å². The van der Waals surface area contributed by atoms with Crippen molar-refractivity contribution in [3.63, 3.8) is 0 Å². The van der Waals surface area contributed by atoms with E-state index in [4.69, 9.17) is 5.11 Å². The van der Waals surface area contributed by atoms with Crippen LogP contribution in [0.2, 0.25) is 0 Å². The van der Waals surface area contributed by atoms with Gasteiger partial charge < -0.3 is 10.0 Å². The molecule has 1 aromatic heterocycles. The van der Waals surface area contributed by atoms with Crippen LogP contribution in [-0.2, 0) is 7.05 Å². The highest BCUT2D eigenvalue weighted by Crippen LogP contribution is 2.30. The van der Waals surface area contributed by atoms with E-state index >= 15 is 0 Å². The highest BCUT2D eigenvalue weighted by Gasteiger charge is 2.28. The van der Waals surface area contributed by atoms with Crippen LogP contribution in [0.1, 0.15) is 19.3 Å². The van der Waals surface area contributed by atoms with Crippen molar-refractivity contribution in [2.45, 2.75) is 19.3 Å². The van der Waals surface area contributed by atoms with E-state index in [9.17, 15) is 10.1 Å². The fourth-order valence-corrected chi connectivity index (χ4v) is 2.49. The van der Waals surface area contributed by atoms with Crippen molar-refractivity contribution in [1.82, 2.24) is 9.78 Å². The van der Waals surface area contributed by atoms with Crippen molar-refractivity contribution < 1.29 is 10.0 Å². The van der Waals surface area contributed by atoms with Crippen molar-refractivity contribution >= 4 is 11.5 Å². The monoisotopic (exact) mass is 254 g/mol. The molecule has 100 valence electrons. The summed E-state index contributed by atoms with van der Waals surface area (Å²) in [6.45, 7) is 1.70. The third-order valence-corrected chi connectivity index (χ3v) is 3.34. The number of nitrogens with zero attached hydrogens (tertiary/aromatic N) is 4. The molecule has 1 fully saturated rings. The predicted octanol–water partition coefficient (Wildman–Crippen LogP) is 0.927. The molecule has 18 heavy (non-hydrogen) atoms. The molecule has 1 atom stereocenters. The van der Waals surface area contributed by atoms with E-state index in [0.717, 1.165) is 32.4 Å². The van der Waals surface area contributed by atoms with Crippen LogP contribution in [0.5, 0.6) is 0 Å². The zero-order valence-electron chi connectivity index (χ0n) is 10.4. The molecule has 1 aromatic rings. The standard InChI is InChI=1S/C11H18N4O3/c1-13-8-10(15(17)18)11(12-13)14-5-2-3-9(7-14)4-6-16/h8-9,16H,2-7H2,1H3. The lowest BCUT2D eigenvalue weighted by Crippen LogP contribution is -2.36. The molecular weight excluding hydrogens is 236 g/mol. The summed E-state index contributed by atoms with van der Waals surface area (Å²) in [7, 11) is 1.69. The van der Waals surface area contributed by atoms with Gasteiger partial charge in [0.15, 0.2) is 0 Å². The van der Waals surface area contributed by atoms with E-state index in [2.05, 4.69) is 5.10 Å².